The molecule has 0 radical (unpaired) electrons. The number of hydrogen-bond donors (Lipinski definition) is 2. The number of fused-ring (bicyclic) bond motifs is 2. The third kappa shape index (κ3) is 3.84. The Hall–Kier alpha value is -3.98. The predicted octanol–water partition coefficient (Wildman–Crippen LogP) is 2.42. The molecule has 0 saturated carbocycles. The fourth-order valence-corrected chi connectivity index (χ4v) is 4.48. The number of pyridine rings is 2. The third-order valence-corrected chi connectivity index (χ3v) is 6.29. The Morgan fingerprint density at radius 2 is 2.21 bits per heavy atom. The minimum atomic E-state index is -0.433. The van der Waals surface area contributed by atoms with Crippen LogP contribution in [0.4, 0.5) is 0 Å². The van der Waals surface area contributed by atoms with Gasteiger partial charge in [0.2, 0.25) is 0 Å². The number of aromatic amines is 1. The molecule has 1 unspecified atom stereocenters. The summed E-state index contributed by atoms with van der Waals surface area (Å²) in [5.74, 6) is -0.202. The highest BCUT2D eigenvalue weighted by Gasteiger charge is 2.37. The molecule has 9 heteroatoms. The lowest BCUT2D eigenvalue weighted by atomic mass is 9.97. The van der Waals surface area contributed by atoms with Gasteiger partial charge in [-0.2, -0.15) is 5.10 Å². The number of nitrogens with zero attached hydrogens (tertiary/aromatic N) is 5. The number of aryl methyl sites for hydroxylation is 1. The second kappa shape index (κ2) is 9.11. The summed E-state index contributed by atoms with van der Waals surface area (Å²) in [7, 11) is 1.67. The molecule has 4 aromatic heterocycles. The number of methoxy groups -OCH3 is 1. The first-order valence-corrected chi connectivity index (χ1v) is 11.2. The van der Waals surface area contributed by atoms with Crippen molar-refractivity contribution in [1.29, 1.82) is 0 Å². The van der Waals surface area contributed by atoms with Crippen LogP contribution in [0.2, 0.25) is 0 Å². The van der Waals surface area contributed by atoms with Crippen LogP contribution >= 0.6 is 0 Å². The highest BCUT2D eigenvalue weighted by atomic mass is 16.5. The first kappa shape index (κ1) is 21.8. The molecule has 0 aliphatic carbocycles. The van der Waals surface area contributed by atoms with Gasteiger partial charge in [0.05, 0.1) is 41.1 Å². The number of H-pyrrole nitrogens is 1. The molecule has 0 saturated heterocycles. The van der Waals surface area contributed by atoms with Gasteiger partial charge in [-0.3, -0.25) is 9.78 Å². The lowest BCUT2D eigenvalue weighted by molar-refractivity contribution is -0.127. The standard InChI is InChI=1S/C25H27N7O2/c1-16-4-3-9-32-22(16)12-21(30-32)24-23-20(28-15-29-23)7-10-31(24)25(33)18(13-26)19-6-5-17(14-27-19)8-11-34-2/h3-6,9,12-15,24H,7-8,10-11,26H2,1-2H3,(H,28,29)/b18-13+. The zero-order chi connectivity index (χ0) is 23.7. The van der Waals surface area contributed by atoms with E-state index in [2.05, 4.69) is 15.0 Å². The molecular weight excluding hydrogens is 430 g/mol. The lowest BCUT2D eigenvalue weighted by Crippen LogP contribution is -2.41. The summed E-state index contributed by atoms with van der Waals surface area (Å²) in [5, 5.41) is 4.80. The molecule has 1 amide bonds. The van der Waals surface area contributed by atoms with Gasteiger partial charge in [-0.1, -0.05) is 12.1 Å². The highest BCUT2D eigenvalue weighted by Crippen LogP contribution is 2.35. The Morgan fingerprint density at radius 1 is 1.32 bits per heavy atom. The van der Waals surface area contributed by atoms with Crippen molar-refractivity contribution in [3.05, 3.63) is 89.2 Å². The van der Waals surface area contributed by atoms with Crippen molar-refractivity contribution in [2.75, 3.05) is 20.3 Å². The van der Waals surface area contributed by atoms with Crippen LogP contribution in [0.3, 0.4) is 0 Å². The molecule has 0 aromatic carbocycles. The Bertz CT molecular complexity index is 1350. The van der Waals surface area contributed by atoms with E-state index in [-0.39, 0.29) is 5.91 Å². The van der Waals surface area contributed by atoms with E-state index < -0.39 is 6.04 Å². The van der Waals surface area contributed by atoms with Crippen LogP contribution < -0.4 is 5.73 Å². The summed E-state index contributed by atoms with van der Waals surface area (Å²) < 4.78 is 6.97. The monoisotopic (exact) mass is 457 g/mol. The largest absolute Gasteiger partial charge is 0.404 e. The number of nitrogens with two attached hydrogens (primary N) is 1. The van der Waals surface area contributed by atoms with Crippen LogP contribution in [-0.4, -0.2) is 55.6 Å². The van der Waals surface area contributed by atoms with E-state index in [9.17, 15) is 4.79 Å². The number of carbonyl (C=O) groups is 1. The van der Waals surface area contributed by atoms with Crippen molar-refractivity contribution in [2.24, 2.45) is 5.73 Å². The second-order valence-electron chi connectivity index (χ2n) is 8.38. The van der Waals surface area contributed by atoms with E-state index in [1.807, 2.05) is 48.0 Å². The number of carbonyl (C=O) groups excluding carboxylic acids is 1. The maximum absolute atomic E-state index is 13.8. The van der Waals surface area contributed by atoms with Crippen LogP contribution in [0.15, 0.2) is 55.3 Å². The maximum atomic E-state index is 13.8. The molecule has 1 aliphatic heterocycles. The predicted molar refractivity (Wildman–Crippen MR) is 128 cm³/mol. The van der Waals surface area contributed by atoms with Gasteiger partial charge in [0.15, 0.2) is 0 Å². The minimum Gasteiger partial charge on any atom is -0.404 e. The van der Waals surface area contributed by atoms with Gasteiger partial charge in [-0.15, -0.1) is 0 Å². The number of aromatic nitrogens is 5. The molecule has 0 fully saturated rings. The molecule has 9 nitrogen and oxygen atoms in total. The fraction of sp³-hybridized carbons (Fsp3) is 0.280. The number of ether oxygens (including phenoxy) is 1. The maximum Gasteiger partial charge on any atom is 0.258 e. The Morgan fingerprint density at radius 3 is 2.94 bits per heavy atom. The van der Waals surface area contributed by atoms with Crippen LogP contribution in [-0.2, 0) is 22.4 Å². The minimum absolute atomic E-state index is 0.202. The van der Waals surface area contributed by atoms with Crippen LogP contribution in [0.5, 0.6) is 0 Å². The summed E-state index contributed by atoms with van der Waals surface area (Å²) in [6, 6.07) is 9.37. The van der Waals surface area contributed by atoms with Crippen LogP contribution in [0, 0.1) is 6.92 Å². The Labute approximate surface area is 197 Å². The zero-order valence-electron chi connectivity index (χ0n) is 19.2. The van der Waals surface area contributed by atoms with Crippen molar-refractivity contribution >= 4 is 17.0 Å². The van der Waals surface area contributed by atoms with E-state index in [4.69, 9.17) is 15.6 Å². The van der Waals surface area contributed by atoms with Crippen molar-refractivity contribution in [3.8, 4) is 0 Å². The number of hydrogen-bond acceptors (Lipinski definition) is 6. The summed E-state index contributed by atoms with van der Waals surface area (Å²) >= 11 is 0. The van der Waals surface area contributed by atoms with Crippen molar-refractivity contribution < 1.29 is 9.53 Å². The van der Waals surface area contributed by atoms with Gasteiger partial charge in [0.1, 0.15) is 6.04 Å². The molecule has 5 heterocycles. The van der Waals surface area contributed by atoms with Gasteiger partial charge in [-0.25, -0.2) is 9.50 Å². The SMILES string of the molecule is COCCc1ccc(/C(=C\N)C(=O)N2CCc3[nH]cnc3C2c2cc3c(C)cccn3n2)nc1. The summed E-state index contributed by atoms with van der Waals surface area (Å²) in [4.78, 5) is 27.9. The van der Waals surface area contributed by atoms with E-state index in [1.54, 1.807) is 24.5 Å². The first-order valence-electron chi connectivity index (χ1n) is 11.2. The Balaban J connectivity index is 1.51. The van der Waals surface area contributed by atoms with E-state index in [1.165, 1.54) is 6.20 Å². The molecule has 34 heavy (non-hydrogen) atoms. The second-order valence-corrected chi connectivity index (χ2v) is 8.38. The molecule has 5 rings (SSSR count). The van der Waals surface area contributed by atoms with Crippen LogP contribution in [0.25, 0.3) is 11.1 Å². The zero-order valence-corrected chi connectivity index (χ0v) is 19.2. The molecule has 174 valence electrons. The number of nitrogens with one attached hydrogen (secondary N) is 1. The first-order chi connectivity index (χ1) is 16.6. The quantitative estimate of drug-likeness (QED) is 0.430. The summed E-state index contributed by atoms with van der Waals surface area (Å²) in [6.07, 6.45) is 8.10. The molecule has 4 aromatic rings. The lowest BCUT2D eigenvalue weighted by Gasteiger charge is -2.34. The fourth-order valence-electron chi connectivity index (χ4n) is 4.48. The van der Waals surface area contributed by atoms with Gasteiger partial charge in [0, 0.05) is 44.4 Å². The van der Waals surface area contributed by atoms with E-state index in [0.717, 1.165) is 40.1 Å². The molecule has 1 aliphatic rings. The average molecular weight is 458 g/mol. The van der Waals surface area contributed by atoms with Gasteiger partial charge in [-0.05, 0) is 42.7 Å². The van der Waals surface area contributed by atoms with Crippen molar-refractivity contribution in [3.63, 3.8) is 0 Å². The molecule has 1 atom stereocenters. The molecule has 3 N–H and O–H groups in total. The van der Waals surface area contributed by atoms with Crippen molar-refractivity contribution in [1.82, 2.24) is 29.5 Å². The smallest absolute Gasteiger partial charge is 0.258 e. The third-order valence-electron chi connectivity index (χ3n) is 6.29. The number of amides is 1. The van der Waals surface area contributed by atoms with Crippen LogP contribution in [0.1, 0.15) is 39.9 Å². The van der Waals surface area contributed by atoms with Gasteiger partial charge >= 0.3 is 0 Å². The number of imidazole rings is 1. The van der Waals surface area contributed by atoms with Gasteiger partial charge < -0.3 is 20.4 Å². The average Bonchev–Trinajstić information content (AvgIpc) is 3.51. The Kier molecular flexibility index (Phi) is 5.85. The number of rotatable bonds is 6. The molecule has 0 bridgehead atoms. The van der Waals surface area contributed by atoms with Crippen molar-refractivity contribution in [2.45, 2.75) is 25.8 Å². The van der Waals surface area contributed by atoms with E-state index in [0.29, 0.717) is 30.8 Å². The normalized spacial score (nSPS) is 16.1. The topological polar surface area (TPSA) is 114 Å². The van der Waals surface area contributed by atoms with E-state index >= 15 is 0 Å². The van der Waals surface area contributed by atoms with Gasteiger partial charge in [0.25, 0.3) is 5.91 Å². The highest BCUT2D eigenvalue weighted by molar-refractivity contribution is 6.19. The summed E-state index contributed by atoms with van der Waals surface area (Å²) in [6.45, 7) is 3.16. The molecular formula is C25H27N7O2. The summed E-state index contributed by atoms with van der Waals surface area (Å²) in [5.41, 5.74) is 12.6. The molecule has 0 spiro atoms.